The van der Waals surface area contributed by atoms with Gasteiger partial charge in [-0.1, -0.05) is 0 Å². The van der Waals surface area contributed by atoms with Crippen molar-refractivity contribution in [1.82, 2.24) is 4.72 Å². The van der Waals surface area contributed by atoms with Crippen molar-refractivity contribution in [3.05, 3.63) is 33.6 Å². The monoisotopic (exact) mass is 318 g/mol. The van der Waals surface area contributed by atoms with E-state index in [-0.39, 0.29) is 22.9 Å². The highest BCUT2D eigenvalue weighted by Gasteiger charge is 2.31. The summed E-state index contributed by atoms with van der Waals surface area (Å²) in [6, 6.07) is 1.50. The molecule has 1 saturated carbocycles. The molecular formula is C12H15FN2O5S. The smallest absolute Gasteiger partial charge is 0.306 e. The molecule has 0 heterocycles. The van der Waals surface area contributed by atoms with E-state index in [1.807, 2.05) is 0 Å². The van der Waals surface area contributed by atoms with Gasteiger partial charge in [0.15, 0.2) is 0 Å². The molecule has 1 fully saturated rings. The van der Waals surface area contributed by atoms with E-state index in [4.69, 9.17) is 0 Å². The maximum atomic E-state index is 13.4. The van der Waals surface area contributed by atoms with Crippen LogP contribution in [0.25, 0.3) is 0 Å². The van der Waals surface area contributed by atoms with Gasteiger partial charge >= 0.3 is 5.69 Å². The highest BCUT2D eigenvalue weighted by Crippen LogP contribution is 2.32. The minimum atomic E-state index is -4.05. The minimum Gasteiger partial charge on any atom is -0.391 e. The van der Waals surface area contributed by atoms with Crippen LogP contribution in [0.15, 0.2) is 17.0 Å². The SMILES string of the molecule is Cc1cc(F)c([N+](=O)[O-])cc1S(=O)(=O)NCC(O)C1CC1. The van der Waals surface area contributed by atoms with Crippen LogP contribution < -0.4 is 4.72 Å². The third-order valence-electron chi connectivity index (χ3n) is 3.38. The molecular weight excluding hydrogens is 303 g/mol. The summed E-state index contributed by atoms with van der Waals surface area (Å²) >= 11 is 0. The number of aliphatic hydroxyl groups excluding tert-OH is 1. The van der Waals surface area contributed by atoms with Gasteiger partial charge in [-0.2, -0.15) is 4.39 Å². The number of nitrogens with one attached hydrogen (secondary N) is 1. The lowest BCUT2D eigenvalue weighted by Crippen LogP contribution is -2.33. The highest BCUT2D eigenvalue weighted by molar-refractivity contribution is 7.89. The Morgan fingerprint density at radius 3 is 2.67 bits per heavy atom. The van der Waals surface area contributed by atoms with Gasteiger partial charge in [-0.15, -0.1) is 0 Å². The van der Waals surface area contributed by atoms with Gasteiger partial charge in [-0.25, -0.2) is 13.1 Å². The second-order valence-electron chi connectivity index (χ2n) is 5.08. The summed E-state index contributed by atoms with van der Waals surface area (Å²) in [5.74, 6) is -0.995. The van der Waals surface area contributed by atoms with E-state index in [1.54, 1.807) is 0 Å². The van der Waals surface area contributed by atoms with Gasteiger partial charge in [-0.05, 0) is 37.3 Å². The molecule has 116 valence electrons. The Morgan fingerprint density at radius 1 is 1.52 bits per heavy atom. The van der Waals surface area contributed by atoms with Gasteiger partial charge in [0.05, 0.1) is 15.9 Å². The molecule has 0 aliphatic heterocycles. The van der Waals surface area contributed by atoms with E-state index in [1.165, 1.54) is 6.92 Å². The van der Waals surface area contributed by atoms with Crippen molar-refractivity contribution >= 4 is 15.7 Å². The van der Waals surface area contributed by atoms with Crippen molar-refractivity contribution in [3.63, 3.8) is 0 Å². The van der Waals surface area contributed by atoms with Gasteiger partial charge in [0, 0.05) is 12.6 Å². The molecule has 0 saturated heterocycles. The maximum Gasteiger partial charge on any atom is 0.306 e. The van der Waals surface area contributed by atoms with Crippen molar-refractivity contribution < 1.29 is 22.8 Å². The zero-order valence-electron chi connectivity index (χ0n) is 11.2. The van der Waals surface area contributed by atoms with Crippen molar-refractivity contribution in [2.75, 3.05) is 6.54 Å². The number of sulfonamides is 1. The van der Waals surface area contributed by atoms with Crippen molar-refractivity contribution in [1.29, 1.82) is 0 Å². The van der Waals surface area contributed by atoms with E-state index in [0.29, 0.717) is 6.07 Å². The van der Waals surface area contributed by atoms with E-state index in [2.05, 4.69) is 4.72 Å². The normalized spacial score (nSPS) is 16.7. The first-order chi connectivity index (χ1) is 9.72. The average Bonchev–Trinajstić information content (AvgIpc) is 3.19. The Morgan fingerprint density at radius 2 is 2.14 bits per heavy atom. The van der Waals surface area contributed by atoms with Gasteiger partial charge in [-0.3, -0.25) is 10.1 Å². The Kier molecular flexibility index (Phi) is 4.26. The largest absolute Gasteiger partial charge is 0.391 e. The van der Waals surface area contributed by atoms with Crippen LogP contribution in [0.3, 0.4) is 0 Å². The van der Waals surface area contributed by atoms with Crippen LogP contribution in [0.4, 0.5) is 10.1 Å². The number of nitro benzene ring substituents is 1. The molecule has 0 radical (unpaired) electrons. The number of nitrogens with zero attached hydrogens (tertiary/aromatic N) is 1. The van der Waals surface area contributed by atoms with Crippen LogP contribution in [-0.4, -0.2) is 31.1 Å². The van der Waals surface area contributed by atoms with E-state index >= 15 is 0 Å². The van der Waals surface area contributed by atoms with Crippen molar-refractivity contribution in [3.8, 4) is 0 Å². The lowest BCUT2D eigenvalue weighted by Gasteiger charge is -2.12. The first-order valence-corrected chi connectivity index (χ1v) is 7.83. The van der Waals surface area contributed by atoms with Gasteiger partial charge in [0.2, 0.25) is 15.8 Å². The molecule has 0 aromatic heterocycles. The van der Waals surface area contributed by atoms with Crippen LogP contribution in [0, 0.1) is 28.8 Å². The van der Waals surface area contributed by atoms with Crippen LogP contribution in [0.5, 0.6) is 0 Å². The number of rotatable bonds is 6. The fourth-order valence-electron chi connectivity index (χ4n) is 1.99. The number of nitro groups is 1. The van der Waals surface area contributed by atoms with E-state index in [0.717, 1.165) is 18.9 Å². The molecule has 0 spiro atoms. The van der Waals surface area contributed by atoms with Crippen molar-refractivity contribution in [2.45, 2.75) is 30.8 Å². The van der Waals surface area contributed by atoms with E-state index < -0.39 is 32.6 Å². The molecule has 1 aromatic rings. The first-order valence-electron chi connectivity index (χ1n) is 6.34. The second-order valence-corrected chi connectivity index (χ2v) is 6.82. The summed E-state index contributed by atoms with van der Waals surface area (Å²) in [7, 11) is -4.05. The molecule has 21 heavy (non-hydrogen) atoms. The number of benzene rings is 1. The molecule has 1 aromatic carbocycles. The number of halogens is 1. The fraction of sp³-hybridized carbons (Fsp3) is 0.500. The quantitative estimate of drug-likeness (QED) is 0.603. The predicted molar refractivity (Wildman–Crippen MR) is 71.7 cm³/mol. The van der Waals surface area contributed by atoms with Crippen molar-refractivity contribution in [2.24, 2.45) is 5.92 Å². The Bertz CT molecular complexity index is 672. The predicted octanol–water partition coefficient (Wildman–Crippen LogP) is 1.09. The Hall–Kier alpha value is -1.58. The van der Waals surface area contributed by atoms with Crippen LogP contribution in [0.2, 0.25) is 0 Å². The summed E-state index contributed by atoms with van der Waals surface area (Å²) in [5.41, 5.74) is -0.838. The Labute approximate surface area is 121 Å². The summed E-state index contributed by atoms with van der Waals surface area (Å²) in [5, 5.41) is 20.3. The molecule has 2 N–H and O–H groups in total. The summed E-state index contributed by atoms with van der Waals surface area (Å²) < 4.78 is 39.8. The number of aryl methyl sites for hydroxylation is 1. The molecule has 0 bridgehead atoms. The highest BCUT2D eigenvalue weighted by atomic mass is 32.2. The third-order valence-corrected chi connectivity index (χ3v) is 4.94. The van der Waals surface area contributed by atoms with Crippen LogP contribution in [-0.2, 0) is 10.0 Å². The maximum absolute atomic E-state index is 13.4. The van der Waals surface area contributed by atoms with Crippen LogP contribution >= 0.6 is 0 Å². The standard InChI is InChI=1S/C12H15FN2O5S/c1-7-4-9(13)10(15(17)18)5-12(7)21(19,20)14-6-11(16)8-2-3-8/h4-5,8,11,14,16H,2-3,6H2,1H3. The molecule has 1 aliphatic rings. The lowest BCUT2D eigenvalue weighted by atomic mass is 10.2. The fourth-order valence-corrected chi connectivity index (χ4v) is 3.29. The zero-order valence-corrected chi connectivity index (χ0v) is 12.1. The van der Waals surface area contributed by atoms with E-state index in [9.17, 15) is 28.0 Å². The van der Waals surface area contributed by atoms with Gasteiger partial charge in [0.1, 0.15) is 0 Å². The topological polar surface area (TPSA) is 110 Å². The summed E-state index contributed by atoms with van der Waals surface area (Å²) in [4.78, 5) is 9.34. The van der Waals surface area contributed by atoms with Gasteiger partial charge in [0.25, 0.3) is 0 Å². The summed E-state index contributed by atoms with van der Waals surface area (Å²) in [6.45, 7) is 1.18. The summed E-state index contributed by atoms with van der Waals surface area (Å²) in [6.07, 6.45) is 0.920. The number of hydrogen-bond acceptors (Lipinski definition) is 5. The lowest BCUT2D eigenvalue weighted by molar-refractivity contribution is -0.387. The molecule has 0 amide bonds. The zero-order chi connectivity index (χ0) is 15.8. The molecule has 1 unspecified atom stereocenters. The Balaban J connectivity index is 2.26. The van der Waals surface area contributed by atoms with Crippen LogP contribution in [0.1, 0.15) is 18.4 Å². The molecule has 2 rings (SSSR count). The first kappa shape index (κ1) is 15.8. The second kappa shape index (κ2) is 5.66. The molecule has 9 heteroatoms. The van der Waals surface area contributed by atoms with Gasteiger partial charge < -0.3 is 5.11 Å². The minimum absolute atomic E-state index is 0.0616. The molecule has 1 aliphatic carbocycles. The molecule has 7 nitrogen and oxygen atoms in total. The number of aliphatic hydroxyl groups is 1. The molecule has 1 atom stereocenters. The number of hydrogen-bond donors (Lipinski definition) is 2. The average molecular weight is 318 g/mol. The third kappa shape index (κ3) is 3.55.